The average Bonchev–Trinajstić information content (AvgIpc) is 3.36. The van der Waals surface area contributed by atoms with Crippen molar-refractivity contribution in [2.75, 3.05) is 35.2 Å². The second-order valence-electron chi connectivity index (χ2n) is 7.37. The van der Waals surface area contributed by atoms with Gasteiger partial charge in [-0.15, -0.1) is 0 Å². The molecule has 2 aliphatic heterocycles. The largest absolute Gasteiger partial charge is 0.445 e. The first-order valence-electron chi connectivity index (χ1n) is 10.4. The maximum atomic E-state index is 12.1. The highest BCUT2D eigenvalue weighted by molar-refractivity contribution is 6.01. The summed E-state index contributed by atoms with van der Waals surface area (Å²) < 4.78 is 5.15. The number of ether oxygens (including phenoxy) is 1. The fourth-order valence-electron chi connectivity index (χ4n) is 3.67. The number of carbonyl (C=O) groups excluding carboxylic acids is 2. The first kappa shape index (κ1) is 21.5. The molecule has 2 aliphatic rings. The molecule has 0 radical (unpaired) electrons. The molecule has 0 aromatic heterocycles. The Labute approximate surface area is 177 Å². The Kier molecular flexibility index (Phi) is 7.54. The SMILES string of the molecule is C=C/C=C(\C=C)COC(=O)NCCCCC1Nc2cccc(N3CCCC3=O)c2N1. The molecule has 1 atom stereocenters. The van der Waals surface area contributed by atoms with E-state index in [9.17, 15) is 9.59 Å². The lowest BCUT2D eigenvalue weighted by Gasteiger charge is -2.19. The monoisotopic (exact) mass is 410 g/mol. The van der Waals surface area contributed by atoms with Crippen molar-refractivity contribution in [3.63, 3.8) is 0 Å². The molecular formula is C23H30N4O3. The van der Waals surface area contributed by atoms with Gasteiger partial charge in [-0.1, -0.05) is 37.5 Å². The van der Waals surface area contributed by atoms with Crippen LogP contribution in [0.2, 0.25) is 0 Å². The van der Waals surface area contributed by atoms with Gasteiger partial charge in [0.25, 0.3) is 0 Å². The number of hydrogen-bond donors (Lipinski definition) is 3. The zero-order valence-electron chi connectivity index (χ0n) is 17.3. The number of benzene rings is 1. The maximum absolute atomic E-state index is 12.1. The lowest BCUT2D eigenvalue weighted by molar-refractivity contribution is -0.117. The van der Waals surface area contributed by atoms with Crippen molar-refractivity contribution in [3.05, 3.63) is 55.2 Å². The zero-order chi connectivity index (χ0) is 21.3. The van der Waals surface area contributed by atoms with Crippen LogP contribution in [0, 0.1) is 0 Å². The summed E-state index contributed by atoms with van der Waals surface area (Å²) in [5.74, 6) is 0.187. The minimum atomic E-state index is -0.434. The van der Waals surface area contributed by atoms with E-state index < -0.39 is 6.09 Å². The third kappa shape index (κ3) is 5.43. The van der Waals surface area contributed by atoms with Crippen molar-refractivity contribution in [1.82, 2.24) is 5.32 Å². The van der Waals surface area contributed by atoms with Crippen LogP contribution in [0.1, 0.15) is 32.1 Å². The lowest BCUT2D eigenvalue weighted by Crippen LogP contribution is -2.27. The Balaban J connectivity index is 1.37. The third-order valence-electron chi connectivity index (χ3n) is 5.21. The van der Waals surface area contributed by atoms with Crippen molar-refractivity contribution in [2.24, 2.45) is 0 Å². The van der Waals surface area contributed by atoms with Gasteiger partial charge in [0.05, 0.1) is 23.2 Å². The van der Waals surface area contributed by atoms with Gasteiger partial charge in [0.2, 0.25) is 5.91 Å². The molecule has 7 nitrogen and oxygen atoms in total. The number of allylic oxidation sites excluding steroid dienone is 2. The van der Waals surface area contributed by atoms with Gasteiger partial charge in [0.15, 0.2) is 0 Å². The van der Waals surface area contributed by atoms with Gasteiger partial charge >= 0.3 is 6.09 Å². The number of carbonyl (C=O) groups is 2. The van der Waals surface area contributed by atoms with Gasteiger partial charge in [-0.25, -0.2) is 4.79 Å². The van der Waals surface area contributed by atoms with Crippen LogP contribution in [0.3, 0.4) is 0 Å². The molecule has 30 heavy (non-hydrogen) atoms. The quantitative estimate of drug-likeness (QED) is 0.398. The van der Waals surface area contributed by atoms with Crippen LogP contribution < -0.4 is 20.9 Å². The molecule has 1 unspecified atom stereocenters. The third-order valence-corrected chi connectivity index (χ3v) is 5.21. The maximum Gasteiger partial charge on any atom is 0.407 e. The van der Waals surface area contributed by atoms with Gasteiger partial charge < -0.3 is 25.6 Å². The summed E-state index contributed by atoms with van der Waals surface area (Å²) in [5.41, 5.74) is 3.79. The highest BCUT2D eigenvalue weighted by Gasteiger charge is 2.28. The molecule has 7 heteroatoms. The summed E-state index contributed by atoms with van der Waals surface area (Å²) >= 11 is 0. The van der Waals surface area contributed by atoms with Crippen LogP contribution in [0.15, 0.2) is 55.2 Å². The van der Waals surface area contributed by atoms with Crippen LogP contribution in [0.25, 0.3) is 0 Å². The standard InChI is InChI=1S/C23H30N4O3/c1-3-9-17(4-2)16-30-23(29)24-14-6-5-12-20-25-18-10-7-11-19(22(18)26-20)27-15-8-13-21(27)28/h3-4,7,9-11,20,25-26H,1-2,5-6,8,12-16H2,(H,24,29)/b17-9+. The molecule has 1 fully saturated rings. The fourth-order valence-corrected chi connectivity index (χ4v) is 3.67. The van der Waals surface area contributed by atoms with E-state index in [-0.39, 0.29) is 18.7 Å². The van der Waals surface area contributed by atoms with Crippen molar-refractivity contribution >= 4 is 29.1 Å². The molecule has 0 spiro atoms. The summed E-state index contributed by atoms with van der Waals surface area (Å²) in [6.45, 7) is 8.79. The predicted octanol–water partition coefficient (Wildman–Crippen LogP) is 4.17. The van der Waals surface area contributed by atoms with Crippen LogP contribution in [-0.4, -0.2) is 37.9 Å². The first-order chi connectivity index (χ1) is 14.6. The fraction of sp³-hybridized carbons (Fsp3) is 0.391. The summed E-state index contributed by atoms with van der Waals surface area (Å²) in [6.07, 6.45) is 8.93. The first-order valence-corrected chi connectivity index (χ1v) is 10.4. The molecule has 1 aromatic rings. The molecular weight excluding hydrogens is 380 g/mol. The number of amides is 2. The second kappa shape index (κ2) is 10.5. The summed E-state index contributed by atoms with van der Waals surface area (Å²) in [6, 6.07) is 6.01. The average molecular weight is 411 g/mol. The molecule has 2 amide bonds. The molecule has 160 valence electrons. The molecule has 1 saturated heterocycles. The van der Waals surface area contributed by atoms with Crippen molar-refractivity contribution < 1.29 is 14.3 Å². The second-order valence-corrected chi connectivity index (χ2v) is 7.37. The van der Waals surface area contributed by atoms with E-state index in [1.807, 2.05) is 23.1 Å². The van der Waals surface area contributed by atoms with E-state index in [0.29, 0.717) is 13.0 Å². The summed E-state index contributed by atoms with van der Waals surface area (Å²) in [4.78, 5) is 25.7. The molecule has 3 N–H and O–H groups in total. The predicted molar refractivity (Wildman–Crippen MR) is 121 cm³/mol. The van der Waals surface area contributed by atoms with E-state index in [1.165, 1.54) is 0 Å². The smallest absolute Gasteiger partial charge is 0.407 e. The number of para-hydroxylation sites is 1. The van der Waals surface area contributed by atoms with E-state index in [4.69, 9.17) is 4.74 Å². The molecule has 2 heterocycles. The van der Waals surface area contributed by atoms with Crippen LogP contribution in [0.4, 0.5) is 21.9 Å². The Morgan fingerprint density at radius 2 is 2.17 bits per heavy atom. The van der Waals surface area contributed by atoms with Gasteiger partial charge in [-0.2, -0.15) is 0 Å². The van der Waals surface area contributed by atoms with Crippen LogP contribution in [0.5, 0.6) is 0 Å². The minimum absolute atomic E-state index is 0.116. The number of fused-ring (bicyclic) bond motifs is 1. The topological polar surface area (TPSA) is 82.7 Å². The van der Waals surface area contributed by atoms with Gasteiger partial charge in [0, 0.05) is 19.5 Å². The molecule has 0 saturated carbocycles. The van der Waals surface area contributed by atoms with Crippen molar-refractivity contribution in [2.45, 2.75) is 38.3 Å². The Morgan fingerprint density at radius 1 is 1.30 bits per heavy atom. The van der Waals surface area contributed by atoms with Gasteiger partial charge in [-0.05, 0) is 43.4 Å². The number of anilines is 3. The van der Waals surface area contributed by atoms with E-state index >= 15 is 0 Å². The zero-order valence-corrected chi connectivity index (χ0v) is 17.3. The van der Waals surface area contributed by atoms with Crippen molar-refractivity contribution in [3.8, 4) is 0 Å². The number of nitrogens with zero attached hydrogens (tertiary/aromatic N) is 1. The summed E-state index contributed by atoms with van der Waals surface area (Å²) in [5, 5.41) is 9.75. The highest BCUT2D eigenvalue weighted by atomic mass is 16.5. The Morgan fingerprint density at radius 3 is 2.90 bits per heavy atom. The van der Waals surface area contributed by atoms with Crippen LogP contribution >= 0.6 is 0 Å². The van der Waals surface area contributed by atoms with E-state index in [1.54, 1.807) is 18.2 Å². The highest BCUT2D eigenvalue weighted by Crippen LogP contribution is 2.40. The molecule has 0 aliphatic carbocycles. The molecule has 1 aromatic carbocycles. The van der Waals surface area contributed by atoms with E-state index in [2.05, 4.69) is 29.1 Å². The number of hydrogen-bond acceptors (Lipinski definition) is 5. The Bertz CT molecular complexity index is 834. The summed E-state index contributed by atoms with van der Waals surface area (Å²) in [7, 11) is 0. The lowest BCUT2D eigenvalue weighted by atomic mass is 10.2. The van der Waals surface area contributed by atoms with Gasteiger partial charge in [-0.3, -0.25) is 4.79 Å². The number of rotatable bonds is 10. The number of nitrogens with one attached hydrogen (secondary N) is 3. The number of unbranched alkanes of at least 4 members (excludes halogenated alkanes) is 1. The van der Waals surface area contributed by atoms with Crippen LogP contribution in [-0.2, 0) is 9.53 Å². The van der Waals surface area contributed by atoms with E-state index in [0.717, 1.165) is 54.9 Å². The minimum Gasteiger partial charge on any atom is -0.445 e. The normalized spacial score (nSPS) is 17.7. The number of alkyl carbamates (subject to hydrolysis) is 1. The van der Waals surface area contributed by atoms with Gasteiger partial charge in [0.1, 0.15) is 6.61 Å². The molecule has 3 rings (SSSR count). The Hall–Kier alpha value is -3.22. The molecule has 0 bridgehead atoms. The van der Waals surface area contributed by atoms with Crippen molar-refractivity contribution in [1.29, 1.82) is 0 Å².